The van der Waals surface area contributed by atoms with Crippen molar-refractivity contribution in [3.8, 4) is 89.8 Å². The summed E-state index contributed by atoms with van der Waals surface area (Å²) < 4.78 is 14.1. The average Bonchev–Trinajstić information content (AvgIpc) is 3.45. The Bertz CT molecular complexity index is 3620. The molecule has 11 aromatic rings. The quantitative estimate of drug-likeness (QED) is 0.155. The summed E-state index contributed by atoms with van der Waals surface area (Å²) in [4.78, 5) is 5.01. The maximum Gasteiger partial charge on any atom is 0.253 e. The molecule has 4 aliphatic heterocycles. The maximum atomic E-state index is 7.05. The predicted molar refractivity (Wildman–Crippen MR) is 303 cm³/mol. The molecule has 0 amide bonds. The van der Waals surface area contributed by atoms with Crippen LogP contribution in [0.15, 0.2) is 262 Å². The SMILES string of the molecule is c1ccc(-c2cccc(-c3ccccc3)c2-c2cc3c4c(c2)Sc2cc5c(cc2B4c2ccccc2O3)B2c3ccccc3Oc3cc(-c4c(-c6ccccc6)cccc4-c4ccccc4)cc(c32)S5)cc1. The third-order valence-electron chi connectivity index (χ3n) is 14.9. The summed E-state index contributed by atoms with van der Waals surface area (Å²) >= 11 is 3.77. The van der Waals surface area contributed by atoms with Crippen LogP contribution in [0.5, 0.6) is 23.0 Å². The van der Waals surface area contributed by atoms with Crippen LogP contribution in [0.3, 0.4) is 0 Å². The van der Waals surface area contributed by atoms with E-state index in [2.05, 4.69) is 243 Å². The van der Waals surface area contributed by atoms with Crippen molar-refractivity contribution in [1.82, 2.24) is 0 Å². The lowest BCUT2D eigenvalue weighted by Gasteiger charge is -2.37. The number of hydrogen-bond donors (Lipinski definition) is 0. The van der Waals surface area contributed by atoms with E-state index in [1.165, 1.54) is 108 Å². The summed E-state index contributed by atoms with van der Waals surface area (Å²) in [6, 6.07) is 88.5. The normalized spacial score (nSPS) is 13.1. The fourth-order valence-corrected chi connectivity index (χ4v) is 14.4. The molecule has 0 bridgehead atoms. The zero-order valence-corrected chi connectivity index (χ0v) is 40.5. The van der Waals surface area contributed by atoms with Gasteiger partial charge in [0.1, 0.15) is 23.0 Å². The first-order chi connectivity index (χ1) is 35.7. The highest BCUT2D eigenvalue weighted by atomic mass is 32.2. The minimum atomic E-state index is -0.0114. The van der Waals surface area contributed by atoms with Crippen molar-refractivity contribution in [2.45, 2.75) is 19.6 Å². The predicted octanol–water partition coefficient (Wildman–Crippen LogP) is 13.9. The fourth-order valence-electron chi connectivity index (χ4n) is 11.8. The molecule has 2 nitrogen and oxygen atoms in total. The van der Waals surface area contributed by atoms with Gasteiger partial charge < -0.3 is 9.47 Å². The van der Waals surface area contributed by atoms with E-state index in [1.54, 1.807) is 0 Å². The van der Waals surface area contributed by atoms with E-state index in [9.17, 15) is 0 Å². The van der Waals surface area contributed by atoms with Crippen LogP contribution in [0.2, 0.25) is 0 Å². The Morgan fingerprint density at radius 2 is 0.597 bits per heavy atom. The molecule has 0 saturated heterocycles. The van der Waals surface area contributed by atoms with Crippen LogP contribution in [-0.2, 0) is 0 Å². The summed E-state index contributed by atoms with van der Waals surface area (Å²) in [7, 11) is 0. The third-order valence-corrected chi connectivity index (χ3v) is 17.2. The van der Waals surface area contributed by atoms with Crippen molar-refractivity contribution in [3.63, 3.8) is 0 Å². The molecular weight excluding hydrogens is 910 g/mol. The lowest BCUT2D eigenvalue weighted by atomic mass is 9.32. The number of para-hydroxylation sites is 2. The molecule has 0 fully saturated rings. The van der Waals surface area contributed by atoms with E-state index in [-0.39, 0.29) is 13.4 Å². The second-order valence-corrected chi connectivity index (χ2v) is 21.1. The van der Waals surface area contributed by atoms with Crippen molar-refractivity contribution < 1.29 is 9.47 Å². The van der Waals surface area contributed by atoms with Gasteiger partial charge in [-0.1, -0.05) is 235 Å². The molecule has 0 aromatic heterocycles. The molecule has 72 heavy (non-hydrogen) atoms. The van der Waals surface area contributed by atoms with Crippen LogP contribution in [0.25, 0.3) is 66.8 Å². The highest BCUT2D eigenvalue weighted by Crippen LogP contribution is 2.49. The van der Waals surface area contributed by atoms with Gasteiger partial charge in [-0.3, -0.25) is 0 Å². The second kappa shape index (κ2) is 16.7. The van der Waals surface area contributed by atoms with Gasteiger partial charge in [0.2, 0.25) is 0 Å². The molecule has 0 spiro atoms. The highest BCUT2D eigenvalue weighted by Gasteiger charge is 2.44. The molecule has 4 heterocycles. The Balaban J connectivity index is 0.930. The molecule has 0 N–H and O–H groups in total. The molecule has 15 rings (SSSR count). The standard InChI is InChI=1S/C66H40B2O2S2/c1-5-19-41(20-6-1)47-27-17-28-48(42-21-7-2-8-22-42)63(47)45-35-57-65-61(37-45)71-59-40-60-54(39-53(59)67(65)51-31-13-15-33-55(51)69-57)68-52-32-14-16-34-56(52)70-58-36-46(38-62(72-60)66(58)68)64-49(43-23-9-3-10-24-43)29-18-30-50(64)44-25-11-4-12-26-44/h1-40H. The summed E-state index contributed by atoms with van der Waals surface area (Å²) in [5.41, 5.74) is 21.7. The van der Waals surface area contributed by atoms with Gasteiger partial charge in [-0.2, -0.15) is 0 Å². The summed E-state index contributed by atoms with van der Waals surface area (Å²) in [5.74, 6) is 3.65. The minimum Gasteiger partial charge on any atom is -0.458 e. The molecule has 4 aliphatic rings. The minimum absolute atomic E-state index is 0.0114. The monoisotopic (exact) mass is 950 g/mol. The second-order valence-electron chi connectivity index (χ2n) is 19.0. The molecule has 334 valence electrons. The fraction of sp³-hybridized carbons (Fsp3) is 0. The van der Waals surface area contributed by atoms with E-state index >= 15 is 0 Å². The lowest BCUT2D eigenvalue weighted by Crippen LogP contribution is -2.62. The molecule has 0 saturated carbocycles. The molecule has 0 aliphatic carbocycles. The van der Waals surface area contributed by atoms with Crippen molar-refractivity contribution in [1.29, 1.82) is 0 Å². The Labute approximate surface area is 428 Å². The van der Waals surface area contributed by atoms with Crippen molar-refractivity contribution >= 4 is 69.7 Å². The topological polar surface area (TPSA) is 18.5 Å². The summed E-state index contributed by atoms with van der Waals surface area (Å²) in [6.45, 7) is -0.0227. The van der Waals surface area contributed by atoms with Crippen molar-refractivity contribution in [3.05, 3.63) is 243 Å². The van der Waals surface area contributed by atoms with Crippen LogP contribution in [0.1, 0.15) is 0 Å². The van der Waals surface area contributed by atoms with E-state index in [0.29, 0.717) is 0 Å². The van der Waals surface area contributed by atoms with Gasteiger partial charge in [-0.25, -0.2) is 0 Å². The van der Waals surface area contributed by atoms with Crippen molar-refractivity contribution in [2.24, 2.45) is 0 Å². The van der Waals surface area contributed by atoms with Crippen LogP contribution in [0, 0.1) is 0 Å². The van der Waals surface area contributed by atoms with E-state index < -0.39 is 0 Å². The van der Waals surface area contributed by atoms with Gasteiger partial charge >= 0.3 is 0 Å². The number of benzene rings is 11. The van der Waals surface area contributed by atoms with E-state index in [0.717, 1.165) is 34.1 Å². The average molecular weight is 951 g/mol. The lowest BCUT2D eigenvalue weighted by molar-refractivity contribution is 0.486. The molecule has 11 aromatic carbocycles. The number of ether oxygens (including phenoxy) is 2. The third kappa shape index (κ3) is 6.63. The first-order valence-electron chi connectivity index (χ1n) is 24.6. The number of hydrogen-bond acceptors (Lipinski definition) is 4. The van der Waals surface area contributed by atoms with Crippen LogP contribution < -0.4 is 42.3 Å². The molecule has 0 radical (unpaired) electrons. The van der Waals surface area contributed by atoms with Crippen LogP contribution in [-0.4, -0.2) is 13.4 Å². The Kier molecular flexibility index (Phi) is 9.67. The summed E-state index contributed by atoms with van der Waals surface area (Å²) in [6.07, 6.45) is 0. The maximum absolute atomic E-state index is 7.05. The molecule has 0 atom stereocenters. The first-order valence-corrected chi connectivity index (χ1v) is 26.2. The Hall–Kier alpha value is -8.15. The van der Waals surface area contributed by atoms with Gasteiger partial charge in [-0.05, 0) is 131 Å². The molecule has 0 unspecified atom stereocenters. The van der Waals surface area contributed by atoms with Crippen LogP contribution in [0.4, 0.5) is 0 Å². The Morgan fingerprint density at radius 1 is 0.250 bits per heavy atom. The smallest absolute Gasteiger partial charge is 0.253 e. The van der Waals surface area contributed by atoms with Crippen LogP contribution >= 0.6 is 23.5 Å². The van der Waals surface area contributed by atoms with Gasteiger partial charge in [-0.15, -0.1) is 0 Å². The van der Waals surface area contributed by atoms with Gasteiger partial charge in [0.15, 0.2) is 0 Å². The Morgan fingerprint density at radius 3 is 0.972 bits per heavy atom. The number of fused-ring (bicyclic) bond motifs is 8. The summed E-state index contributed by atoms with van der Waals surface area (Å²) in [5, 5.41) is 0. The number of rotatable bonds is 6. The first kappa shape index (κ1) is 41.6. The highest BCUT2D eigenvalue weighted by molar-refractivity contribution is 8.01. The van der Waals surface area contributed by atoms with Gasteiger partial charge in [0.25, 0.3) is 13.4 Å². The zero-order chi connectivity index (χ0) is 47.3. The van der Waals surface area contributed by atoms with E-state index in [1.807, 2.05) is 23.5 Å². The zero-order valence-electron chi connectivity index (χ0n) is 38.9. The molecule has 6 heteroatoms. The van der Waals surface area contributed by atoms with Gasteiger partial charge in [0.05, 0.1) is 0 Å². The van der Waals surface area contributed by atoms with Gasteiger partial charge in [0, 0.05) is 19.6 Å². The largest absolute Gasteiger partial charge is 0.458 e. The van der Waals surface area contributed by atoms with Crippen molar-refractivity contribution in [2.75, 3.05) is 0 Å². The molecular formula is C66H40B2O2S2. The van der Waals surface area contributed by atoms with E-state index in [4.69, 9.17) is 9.47 Å².